The highest BCUT2D eigenvalue weighted by Crippen LogP contribution is 2.31. The highest BCUT2D eigenvalue weighted by Gasteiger charge is 2.33. The zero-order valence-electron chi connectivity index (χ0n) is 10.1. The SMILES string of the molecule is CC1CCN(C(=O)CSC(F)(F)F)C(CN)C1.Cl. The van der Waals surface area contributed by atoms with E-state index >= 15 is 0 Å². The average molecular weight is 307 g/mol. The van der Waals surface area contributed by atoms with Crippen molar-refractivity contribution in [1.82, 2.24) is 4.90 Å². The summed E-state index contributed by atoms with van der Waals surface area (Å²) in [5.41, 5.74) is 1.20. The molecule has 2 atom stereocenters. The third kappa shape index (κ3) is 5.67. The van der Waals surface area contributed by atoms with Crippen LogP contribution in [0.5, 0.6) is 0 Å². The Bertz CT molecular complexity index is 278. The van der Waals surface area contributed by atoms with E-state index in [1.165, 1.54) is 4.90 Å². The fourth-order valence-electron chi connectivity index (χ4n) is 2.03. The van der Waals surface area contributed by atoms with Gasteiger partial charge < -0.3 is 10.6 Å². The van der Waals surface area contributed by atoms with E-state index < -0.39 is 17.2 Å². The first-order chi connectivity index (χ1) is 7.83. The van der Waals surface area contributed by atoms with Crippen LogP contribution in [-0.4, -0.2) is 41.2 Å². The second kappa shape index (κ2) is 7.45. The second-order valence-electron chi connectivity index (χ2n) is 4.34. The van der Waals surface area contributed by atoms with Gasteiger partial charge in [0.2, 0.25) is 5.91 Å². The van der Waals surface area contributed by atoms with Crippen molar-refractivity contribution in [1.29, 1.82) is 0 Å². The Kier molecular flexibility index (Phi) is 7.39. The Balaban J connectivity index is 0.00000289. The summed E-state index contributed by atoms with van der Waals surface area (Å²) < 4.78 is 36.0. The van der Waals surface area contributed by atoms with Crippen LogP contribution >= 0.6 is 24.2 Å². The smallest absolute Gasteiger partial charge is 0.338 e. The first-order valence-electron chi connectivity index (χ1n) is 5.53. The van der Waals surface area contributed by atoms with Gasteiger partial charge >= 0.3 is 5.51 Å². The van der Waals surface area contributed by atoms with E-state index in [2.05, 4.69) is 6.92 Å². The molecule has 2 N–H and O–H groups in total. The molecule has 2 unspecified atom stereocenters. The number of halogens is 4. The third-order valence-corrected chi connectivity index (χ3v) is 3.65. The van der Waals surface area contributed by atoms with E-state index in [0.29, 0.717) is 19.0 Å². The van der Waals surface area contributed by atoms with E-state index in [-0.39, 0.29) is 30.2 Å². The monoisotopic (exact) mass is 306 g/mol. The molecule has 1 heterocycles. The first kappa shape index (κ1) is 17.9. The highest BCUT2D eigenvalue weighted by atomic mass is 35.5. The minimum Gasteiger partial charge on any atom is -0.338 e. The van der Waals surface area contributed by atoms with Crippen LogP contribution in [-0.2, 0) is 4.79 Å². The molecule has 0 saturated carbocycles. The number of hydrogen-bond donors (Lipinski definition) is 1. The maximum atomic E-state index is 12.0. The molecular formula is C10H18ClF3N2OS. The molecule has 3 nitrogen and oxygen atoms in total. The number of thioether (sulfide) groups is 1. The lowest BCUT2D eigenvalue weighted by atomic mass is 9.92. The normalized spacial score (nSPS) is 24.6. The van der Waals surface area contributed by atoms with E-state index in [0.717, 1.165) is 12.8 Å². The number of piperidine rings is 1. The summed E-state index contributed by atoms with van der Waals surface area (Å²) in [5, 5.41) is 0. The number of alkyl halides is 3. The van der Waals surface area contributed by atoms with Crippen LogP contribution in [0, 0.1) is 5.92 Å². The summed E-state index contributed by atoms with van der Waals surface area (Å²) in [6, 6.07) is -0.111. The standard InChI is InChI=1S/C10H17F3N2OS.ClH/c1-7-2-3-15(8(4-7)5-14)9(16)6-17-10(11,12)13;/h7-8H,2-6,14H2,1H3;1H. The minimum atomic E-state index is -4.35. The van der Waals surface area contributed by atoms with Crippen molar-refractivity contribution in [2.75, 3.05) is 18.8 Å². The van der Waals surface area contributed by atoms with Crippen LogP contribution < -0.4 is 5.73 Å². The highest BCUT2D eigenvalue weighted by molar-refractivity contribution is 8.00. The van der Waals surface area contributed by atoms with Gasteiger partial charge in [-0.3, -0.25) is 4.79 Å². The molecule has 1 saturated heterocycles. The number of nitrogens with zero attached hydrogens (tertiary/aromatic N) is 1. The summed E-state index contributed by atoms with van der Waals surface area (Å²) >= 11 is -0.283. The predicted molar refractivity (Wildman–Crippen MR) is 68.7 cm³/mol. The van der Waals surface area contributed by atoms with Crippen molar-refractivity contribution >= 4 is 30.1 Å². The Morgan fingerprint density at radius 1 is 1.50 bits per heavy atom. The Hall–Kier alpha value is -0.140. The van der Waals surface area contributed by atoms with Crippen LogP contribution in [0.1, 0.15) is 19.8 Å². The lowest BCUT2D eigenvalue weighted by Crippen LogP contribution is -2.50. The molecule has 8 heteroatoms. The molecule has 1 aliphatic rings. The molecule has 18 heavy (non-hydrogen) atoms. The van der Waals surface area contributed by atoms with E-state index in [1.54, 1.807) is 0 Å². The van der Waals surface area contributed by atoms with Gasteiger partial charge in [-0.2, -0.15) is 13.2 Å². The van der Waals surface area contributed by atoms with Gasteiger partial charge in [-0.1, -0.05) is 6.92 Å². The van der Waals surface area contributed by atoms with Crippen LogP contribution in [0.3, 0.4) is 0 Å². The lowest BCUT2D eigenvalue weighted by molar-refractivity contribution is -0.132. The van der Waals surface area contributed by atoms with Crippen molar-refractivity contribution in [3.05, 3.63) is 0 Å². The van der Waals surface area contributed by atoms with E-state index in [4.69, 9.17) is 5.73 Å². The molecule has 0 spiro atoms. The van der Waals surface area contributed by atoms with Gasteiger partial charge in [-0.15, -0.1) is 12.4 Å². The molecule has 1 rings (SSSR count). The number of hydrogen-bond acceptors (Lipinski definition) is 3. The number of nitrogens with two attached hydrogens (primary N) is 1. The first-order valence-corrected chi connectivity index (χ1v) is 6.52. The number of carbonyl (C=O) groups excluding carboxylic acids is 1. The lowest BCUT2D eigenvalue weighted by Gasteiger charge is -2.38. The number of amides is 1. The largest absolute Gasteiger partial charge is 0.442 e. The molecule has 1 aliphatic heterocycles. The minimum absolute atomic E-state index is 0. The third-order valence-electron chi connectivity index (χ3n) is 2.93. The molecule has 0 aromatic carbocycles. The van der Waals surface area contributed by atoms with Crippen molar-refractivity contribution in [3.63, 3.8) is 0 Å². The maximum absolute atomic E-state index is 12.0. The van der Waals surface area contributed by atoms with Crippen molar-refractivity contribution in [2.45, 2.75) is 31.3 Å². The zero-order valence-corrected chi connectivity index (χ0v) is 11.7. The molecule has 0 aliphatic carbocycles. The van der Waals surface area contributed by atoms with Gasteiger partial charge in [0.05, 0.1) is 5.75 Å². The van der Waals surface area contributed by atoms with Crippen LogP contribution in [0.15, 0.2) is 0 Å². The number of carbonyl (C=O) groups is 1. The topological polar surface area (TPSA) is 46.3 Å². The molecule has 1 amide bonds. The molecule has 108 valence electrons. The summed E-state index contributed by atoms with van der Waals surface area (Å²) in [6.07, 6.45) is 1.61. The van der Waals surface area contributed by atoms with Gasteiger partial charge in [0.1, 0.15) is 0 Å². The van der Waals surface area contributed by atoms with Gasteiger partial charge in [-0.25, -0.2) is 0 Å². The summed E-state index contributed by atoms with van der Waals surface area (Å²) in [6.45, 7) is 2.89. The zero-order chi connectivity index (χ0) is 13.1. The molecule has 0 bridgehead atoms. The Labute approximate surface area is 115 Å². The van der Waals surface area contributed by atoms with Gasteiger partial charge in [-0.05, 0) is 30.5 Å². The summed E-state index contributed by atoms with van der Waals surface area (Å²) in [5.74, 6) is -0.536. The Morgan fingerprint density at radius 2 is 2.11 bits per heavy atom. The molecule has 0 aromatic rings. The van der Waals surface area contributed by atoms with Crippen LogP contribution in [0.2, 0.25) is 0 Å². The number of likely N-dealkylation sites (tertiary alicyclic amines) is 1. The van der Waals surface area contributed by atoms with Gasteiger partial charge in [0.25, 0.3) is 0 Å². The van der Waals surface area contributed by atoms with Crippen molar-refractivity contribution < 1.29 is 18.0 Å². The van der Waals surface area contributed by atoms with Crippen LogP contribution in [0.4, 0.5) is 13.2 Å². The van der Waals surface area contributed by atoms with Gasteiger partial charge in [0.15, 0.2) is 0 Å². The Morgan fingerprint density at radius 3 is 2.61 bits per heavy atom. The average Bonchev–Trinajstić information content (AvgIpc) is 2.24. The van der Waals surface area contributed by atoms with Crippen molar-refractivity contribution in [2.24, 2.45) is 11.7 Å². The fraction of sp³-hybridized carbons (Fsp3) is 0.900. The molecular weight excluding hydrogens is 289 g/mol. The molecule has 1 fully saturated rings. The summed E-state index contributed by atoms with van der Waals surface area (Å²) in [4.78, 5) is 13.2. The number of rotatable bonds is 3. The van der Waals surface area contributed by atoms with E-state index in [1.807, 2.05) is 0 Å². The quantitative estimate of drug-likeness (QED) is 0.870. The maximum Gasteiger partial charge on any atom is 0.442 e. The van der Waals surface area contributed by atoms with Crippen molar-refractivity contribution in [3.8, 4) is 0 Å². The van der Waals surface area contributed by atoms with Gasteiger partial charge in [0, 0.05) is 19.1 Å². The van der Waals surface area contributed by atoms with E-state index in [9.17, 15) is 18.0 Å². The fourth-order valence-corrected chi connectivity index (χ4v) is 2.48. The second-order valence-corrected chi connectivity index (χ2v) is 5.38. The molecule has 0 aromatic heterocycles. The molecule has 0 radical (unpaired) electrons. The predicted octanol–water partition coefficient (Wildman–Crippen LogP) is 2.25. The van der Waals surface area contributed by atoms with Crippen LogP contribution in [0.25, 0.3) is 0 Å². The summed E-state index contributed by atoms with van der Waals surface area (Å²) in [7, 11) is 0.